The van der Waals surface area contributed by atoms with Gasteiger partial charge in [-0.2, -0.15) is 0 Å². The Morgan fingerprint density at radius 1 is 1.19 bits per heavy atom. The summed E-state index contributed by atoms with van der Waals surface area (Å²) in [6, 6.07) is 8.96. The second kappa shape index (κ2) is 8.73. The van der Waals surface area contributed by atoms with Crippen LogP contribution in [0.25, 0.3) is 0 Å². The van der Waals surface area contributed by atoms with Crippen LogP contribution >= 0.6 is 0 Å². The summed E-state index contributed by atoms with van der Waals surface area (Å²) in [5.74, 6) is -1.12. The first-order valence-electron chi connectivity index (χ1n) is 6.81. The van der Waals surface area contributed by atoms with Crippen LogP contribution in [0.4, 0.5) is 4.79 Å². The minimum absolute atomic E-state index is 0.00477. The van der Waals surface area contributed by atoms with Crippen molar-refractivity contribution in [2.45, 2.75) is 26.2 Å². The Kier molecular flexibility index (Phi) is 6.94. The van der Waals surface area contributed by atoms with E-state index in [2.05, 4.69) is 10.6 Å². The number of benzene rings is 1. The molecule has 0 spiro atoms. The lowest BCUT2D eigenvalue weighted by atomic mass is 9.98. The van der Waals surface area contributed by atoms with Crippen molar-refractivity contribution in [2.24, 2.45) is 0 Å². The van der Waals surface area contributed by atoms with Crippen molar-refractivity contribution in [2.75, 3.05) is 13.2 Å². The van der Waals surface area contributed by atoms with Gasteiger partial charge in [-0.15, -0.1) is 0 Å². The SMILES string of the molecule is CCNC(=O)NC(=O)COC(=O)C[C@H](C)c1ccccc1. The van der Waals surface area contributed by atoms with Crippen molar-refractivity contribution in [3.63, 3.8) is 0 Å². The summed E-state index contributed by atoms with van der Waals surface area (Å²) < 4.78 is 4.84. The fraction of sp³-hybridized carbons (Fsp3) is 0.400. The number of ether oxygens (including phenoxy) is 1. The van der Waals surface area contributed by atoms with Crippen molar-refractivity contribution in [1.82, 2.24) is 10.6 Å². The Morgan fingerprint density at radius 3 is 2.48 bits per heavy atom. The third-order valence-electron chi connectivity index (χ3n) is 2.80. The fourth-order valence-corrected chi connectivity index (χ4v) is 1.72. The molecule has 3 amide bonds. The summed E-state index contributed by atoms with van der Waals surface area (Å²) >= 11 is 0. The van der Waals surface area contributed by atoms with E-state index < -0.39 is 24.5 Å². The van der Waals surface area contributed by atoms with Gasteiger partial charge in [-0.3, -0.25) is 14.9 Å². The number of nitrogens with one attached hydrogen (secondary N) is 2. The lowest BCUT2D eigenvalue weighted by Crippen LogP contribution is -2.41. The van der Waals surface area contributed by atoms with Crippen LogP contribution in [-0.4, -0.2) is 31.1 Å². The van der Waals surface area contributed by atoms with E-state index in [0.29, 0.717) is 6.54 Å². The van der Waals surface area contributed by atoms with Gasteiger partial charge in [0.15, 0.2) is 6.61 Å². The maximum Gasteiger partial charge on any atom is 0.321 e. The standard InChI is InChI=1S/C15H20N2O4/c1-3-16-15(20)17-13(18)10-21-14(19)9-11(2)12-7-5-4-6-8-12/h4-8,11H,3,9-10H2,1-2H3,(H2,16,17,18,20)/t11-/m0/s1. The lowest BCUT2D eigenvalue weighted by Gasteiger charge is -2.11. The van der Waals surface area contributed by atoms with Gasteiger partial charge in [-0.1, -0.05) is 37.3 Å². The first-order valence-corrected chi connectivity index (χ1v) is 6.81. The van der Waals surface area contributed by atoms with E-state index in [9.17, 15) is 14.4 Å². The van der Waals surface area contributed by atoms with Crippen LogP contribution in [0.5, 0.6) is 0 Å². The molecule has 21 heavy (non-hydrogen) atoms. The molecule has 0 aromatic heterocycles. The quantitative estimate of drug-likeness (QED) is 0.779. The van der Waals surface area contributed by atoms with Crippen LogP contribution in [-0.2, 0) is 14.3 Å². The summed E-state index contributed by atoms with van der Waals surface area (Å²) in [5.41, 5.74) is 1.03. The number of rotatable bonds is 6. The monoisotopic (exact) mass is 292 g/mol. The van der Waals surface area contributed by atoms with E-state index in [1.54, 1.807) is 6.92 Å². The highest BCUT2D eigenvalue weighted by atomic mass is 16.5. The molecule has 0 heterocycles. The predicted molar refractivity (Wildman–Crippen MR) is 77.6 cm³/mol. The highest BCUT2D eigenvalue weighted by Gasteiger charge is 2.14. The molecular formula is C15H20N2O4. The molecule has 1 aromatic rings. The zero-order valence-corrected chi connectivity index (χ0v) is 12.2. The molecule has 0 saturated carbocycles. The fourth-order valence-electron chi connectivity index (χ4n) is 1.72. The number of carbonyl (C=O) groups is 3. The van der Waals surface area contributed by atoms with Crippen LogP contribution in [0.2, 0.25) is 0 Å². The largest absolute Gasteiger partial charge is 0.456 e. The molecule has 2 N–H and O–H groups in total. The number of carbonyl (C=O) groups excluding carboxylic acids is 3. The Morgan fingerprint density at radius 2 is 1.86 bits per heavy atom. The average Bonchev–Trinajstić information content (AvgIpc) is 2.46. The maximum atomic E-state index is 11.6. The summed E-state index contributed by atoms with van der Waals surface area (Å²) in [7, 11) is 0. The molecule has 114 valence electrons. The predicted octanol–water partition coefficient (Wildman–Crippen LogP) is 1.57. The number of hydrogen-bond acceptors (Lipinski definition) is 4. The first kappa shape index (κ1) is 16.7. The molecule has 0 aliphatic heterocycles. The molecule has 0 aliphatic rings. The minimum Gasteiger partial charge on any atom is -0.456 e. The van der Waals surface area contributed by atoms with E-state index in [0.717, 1.165) is 5.56 Å². The van der Waals surface area contributed by atoms with Crippen molar-refractivity contribution in [3.8, 4) is 0 Å². The lowest BCUT2D eigenvalue weighted by molar-refractivity contribution is -0.148. The number of urea groups is 1. The second-order valence-electron chi connectivity index (χ2n) is 4.58. The molecule has 0 unspecified atom stereocenters. The van der Waals surface area contributed by atoms with Crippen molar-refractivity contribution < 1.29 is 19.1 Å². The van der Waals surface area contributed by atoms with Gasteiger partial charge in [0.25, 0.3) is 5.91 Å². The van der Waals surface area contributed by atoms with E-state index in [-0.39, 0.29) is 12.3 Å². The Balaban J connectivity index is 2.31. The van der Waals surface area contributed by atoms with Gasteiger partial charge in [0, 0.05) is 6.54 Å². The van der Waals surface area contributed by atoms with Crippen LogP contribution in [0, 0.1) is 0 Å². The van der Waals surface area contributed by atoms with Crippen LogP contribution in [0.3, 0.4) is 0 Å². The zero-order chi connectivity index (χ0) is 15.7. The highest BCUT2D eigenvalue weighted by Crippen LogP contribution is 2.18. The van der Waals surface area contributed by atoms with Gasteiger partial charge >= 0.3 is 12.0 Å². The van der Waals surface area contributed by atoms with E-state index >= 15 is 0 Å². The molecule has 1 rings (SSSR count). The van der Waals surface area contributed by atoms with Gasteiger partial charge in [0.2, 0.25) is 0 Å². The highest BCUT2D eigenvalue weighted by molar-refractivity contribution is 5.95. The molecule has 0 aliphatic carbocycles. The molecule has 0 radical (unpaired) electrons. The normalized spacial score (nSPS) is 11.3. The Labute approximate surface area is 123 Å². The van der Waals surface area contributed by atoms with E-state index in [1.807, 2.05) is 37.3 Å². The second-order valence-corrected chi connectivity index (χ2v) is 4.58. The number of amides is 3. The maximum absolute atomic E-state index is 11.6. The smallest absolute Gasteiger partial charge is 0.321 e. The number of hydrogen-bond donors (Lipinski definition) is 2. The van der Waals surface area contributed by atoms with Crippen molar-refractivity contribution in [3.05, 3.63) is 35.9 Å². The molecule has 0 saturated heterocycles. The van der Waals surface area contributed by atoms with Crippen LogP contribution < -0.4 is 10.6 Å². The summed E-state index contributed by atoms with van der Waals surface area (Å²) in [5, 5.41) is 4.46. The molecule has 6 nitrogen and oxygen atoms in total. The summed E-state index contributed by atoms with van der Waals surface area (Å²) in [4.78, 5) is 34.1. The van der Waals surface area contributed by atoms with Gasteiger partial charge in [0.1, 0.15) is 0 Å². The van der Waals surface area contributed by atoms with Gasteiger partial charge < -0.3 is 10.1 Å². The summed E-state index contributed by atoms with van der Waals surface area (Å²) in [6.07, 6.45) is 0.179. The summed E-state index contributed by atoms with van der Waals surface area (Å²) in [6.45, 7) is 3.59. The van der Waals surface area contributed by atoms with Crippen molar-refractivity contribution >= 4 is 17.9 Å². The number of imide groups is 1. The third-order valence-corrected chi connectivity index (χ3v) is 2.80. The molecule has 1 atom stereocenters. The minimum atomic E-state index is -0.651. The van der Waals surface area contributed by atoms with Crippen LogP contribution in [0.15, 0.2) is 30.3 Å². The van der Waals surface area contributed by atoms with E-state index in [1.165, 1.54) is 0 Å². The molecule has 0 bridgehead atoms. The molecule has 0 fully saturated rings. The third kappa shape index (κ3) is 6.56. The zero-order valence-electron chi connectivity index (χ0n) is 12.2. The van der Waals surface area contributed by atoms with Crippen LogP contribution in [0.1, 0.15) is 31.7 Å². The van der Waals surface area contributed by atoms with E-state index in [4.69, 9.17) is 4.74 Å². The van der Waals surface area contributed by atoms with Gasteiger partial charge in [-0.05, 0) is 18.4 Å². The number of esters is 1. The molecule has 1 aromatic carbocycles. The molecule has 6 heteroatoms. The Hall–Kier alpha value is -2.37. The topological polar surface area (TPSA) is 84.5 Å². The Bertz CT molecular complexity index is 488. The van der Waals surface area contributed by atoms with Gasteiger partial charge in [-0.25, -0.2) is 4.79 Å². The van der Waals surface area contributed by atoms with Crippen molar-refractivity contribution in [1.29, 1.82) is 0 Å². The van der Waals surface area contributed by atoms with Gasteiger partial charge in [0.05, 0.1) is 6.42 Å². The first-order chi connectivity index (χ1) is 10.0. The average molecular weight is 292 g/mol. The molecular weight excluding hydrogens is 272 g/mol.